The maximum Gasteiger partial charge on any atom is 0.212 e. The second-order valence-corrected chi connectivity index (χ2v) is 9.21. The van der Waals surface area contributed by atoms with Gasteiger partial charge in [-0.15, -0.1) is 0 Å². The van der Waals surface area contributed by atoms with Crippen LogP contribution in [0, 0.1) is 11.8 Å². The van der Waals surface area contributed by atoms with Gasteiger partial charge in [-0.1, -0.05) is 6.92 Å². The van der Waals surface area contributed by atoms with E-state index in [4.69, 9.17) is 0 Å². The molecular formula is C10H22N2O4S2. The van der Waals surface area contributed by atoms with Crippen LogP contribution in [-0.2, 0) is 19.9 Å². The van der Waals surface area contributed by atoms with E-state index in [1.807, 2.05) is 0 Å². The molecule has 1 rings (SSSR count). The highest BCUT2D eigenvalue weighted by atomic mass is 32.2. The van der Waals surface area contributed by atoms with Crippen molar-refractivity contribution in [3.05, 3.63) is 0 Å². The van der Waals surface area contributed by atoms with Crippen LogP contribution in [0.15, 0.2) is 0 Å². The first kappa shape index (κ1) is 15.9. The number of hydrogen-bond acceptors (Lipinski definition) is 5. The third kappa shape index (κ3) is 6.12. The molecule has 18 heavy (non-hydrogen) atoms. The zero-order chi connectivity index (χ0) is 13.8. The molecule has 0 aromatic carbocycles. The number of piperidine rings is 1. The fourth-order valence-corrected chi connectivity index (χ4v) is 4.60. The molecule has 1 fully saturated rings. The SMILES string of the molecule is CC1CCNCC1CNS(=O)(=O)CCS(C)(=O)=O. The van der Waals surface area contributed by atoms with Crippen molar-refractivity contribution in [2.75, 3.05) is 37.4 Å². The Balaban J connectivity index is 2.41. The Morgan fingerprint density at radius 3 is 2.44 bits per heavy atom. The first-order valence-corrected chi connectivity index (χ1v) is 9.77. The van der Waals surface area contributed by atoms with Gasteiger partial charge in [-0.05, 0) is 31.3 Å². The van der Waals surface area contributed by atoms with Gasteiger partial charge >= 0.3 is 0 Å². The molecule has 1 aliphatic heterocycles. The topological polar surface area (TPSA) is 92.3 Å². The summed E-state index contributed by atoms with van der Waals surface area (Å²) < 4.78 is 47.6. The zero-order valence-electron chi connectivity index (χ0n) is 10.8. The van der Waals surface area contributed by atoms with Crippen molar-refractivity contribution < 1.29 is 16.8 Å². The molecule has 0 saturated carbocycles. The summed E-state index contributed by atoms with van der Waals surface area (Å²) in [6.07, 6.45) is 2.07. The number of hydrogen-bond donors (Lipinski definition) is 2. The maximum atomic E-state index is 11.6. The molecule has 1 saturated heterocycles. The van der Waals surface area contributed by atoms with Gasteiger partial charge in [-0.2, -0.15) is 0 Å². The van der Waals surface area contributed by atoms with Crippen molar-refractivity contribution in [2.45, 2.75) is 13.3 Å². The van der Waals surface area contributed by atoms with E-state index in [1.54, 1.807) is 0 Å². The maximum absolute atomic E-state index is 11.6. The Bertz CT molecular complexity index is 458. The molecule has 6 nitrogen and oxygen atoms in total. The summed E-state index contributed by atoms with van der Waals surface area (Å²) in [5.74, 6) is 0.0527. The van der Waals surface area contributed by atoms with Gasteiger partial charge in [0, 0.05) is 12.8 Å². The van der Waals surface area contributed by atoms with Crippen molar-refractivity contribution >= 4 is 19.9 Å². The average molecular weight is 298 g/mol. The summed E-state index contributed by atoms with van der Waals surface area (Å²) in [5.41, 5.74) is 0. The molecule has 0 spiro atoms. The quantitative estimate of drug-likeness (QED) is 0.669. The molecule has 0 amide bonds. The van der Waals surface area contributed by atoms with E-state index >= 15 is 0 Å². The number of sulfone groups is 1. The van der Waals surface area contributed by atoms with Gasteiger partial charge in [0.2, 0.25) is 10.0 Å². The monoisotopic (exact) mass is 298 g/mol. The Morgan fingerprint density at radius 2 is 1.89 bits per heavy atom. The highest BCUT2D eigenvalue weighted by Gasteiger charge is 2.23. The molecular weight excluding hydrogens is 276 g/mol. The molecule has 0 radical (unpaired) electrons. The Labute approximate surface area is 110 Å². The molecule has 2 atom stereocenters. The first-order valence-electron chi connectivity index (χ1n) is 6.05. The number of sulfonamides is 1. The van der Waals surface area contributed by atoms with Crippen molar-refractivity contribution in [1.82, 2.24) is 10.0 Å². The molecule has 8 heteroatoms. The van der Waals surface area contributed by atoms with Gasteiger partial charge in [0.15, 0.2) is 0 Å². The van der Waals surface area contributed by atoms with Crippen molar-refractivity contribution in [1.29, 1.82) is 0 Å². The molecule has 108 valence electrons. The third-order valence-electron chi connectivity index (χ3n) is 3.28. The molecule has 1 heterocycles. The molecule has 0 bridgehead atoms. The molecule has 1 aliphatic rings. The van der Waals surface area contributed by atoms with Gasteiger partial charge < -0.3 is 5.32 Å². The lowest BCUT2D eigenvalue weighted by molar-refractivity contribution is 0.275. The van der Waals surface area contributed by atoms with Crippen LogP contribution in [-0.4, -0.2) is 54.2 Å². The van der Waals surface area contributed by atoms with Gasteiger partial charge in [0.05, 0.1) is 11.5 Å². The highest BCUT2D eigenvalue weighted by Crippen LogP contribution is 2.17. The smallest absolute Gasteiger partial charge is 0.212 e. The predicted molar refractivity (Wildman–Crippen MR) is 71.6 cm³/mol. The van der Waals surface area contributed by atoms with E-state index in [2.05, 4.69) is 17.0 Å². The van der Waals surface area contributed by atoms with Crippen LogP contribution in [0.4, 0.5) is 0 Å². The Kier molecular flexibility index (Phi) is 5.57. The second kappa shape index (κ2) is 6.31. The number of nitrogens with one attached hydrogen (secondary N) is 2. The highest BCUT2D eigenvalue weighted by molar-refractivity contribution is 7.93. The summed E-state index contributed by atoms with van der Waals surface area (Å²) >= 11 is 0. The van der Waals surface area contributed by atoms with Crippen LogP contribution in [0.3, 0.4) is 0 Å². The minimum atomic E-state index is -3.49. The molecule has 2 N–H and O–H groups in total. The minimum Gasteiger partial charge on any atom is -0.316 e. The fourth-order valence-electron chi connectivity index (χ4n) is 1.89. The lowest BCUT2D eigenvalue weighted by Gasteiger charge is -2.29. The molecule has 0 aromatic rings. The van der Waals surface area contributed by atoms with E-state index in [0.717, 1.165) is 25.8 Å². The van der Waals surface area contributed by atoms with Crippen molar-refractivity contribution in [2.24, 2.45) is 11.8 Å². The largest absolute Gasteiger partial charge is 0.316 e. The third-order valence-corrected chi connectivity index (χ3v) is 5.83. The van der Waals surface area contributed by atoms with E-state index in [-0.39, 0.29) is 17.4 Å². The Hall–Kier alpha value is -0.180. The van der Waals surface area contributed by atoms with Crippen LogP contribution in [0.1, 0.15) is 13.3 Å². The average Bonchev–Trinajstić information content (AvgIpc) is 2.25. The van der Waals surface area contributed by atoms with Crippen LogP contribution < -0.4 is 10.0 Å². The zero-order valence-corrected chi connectivity index (χ0v) is 12.5. The van der Waals surface area contributed by atoms with E-state index in [0.29, 0.717) is 12.5 Å². The molecule has 0 aromatic heterocycles. The standard InChI is InChI=1S/C10H22N2O4S2/c1-9-3-4-11-7-10(9)8-12-18(15,16)6-5-17(2,13)14/h9-12H,3-8H2,1-2H3. The normalized spacial score (nSPS) is 26.1. The molecule has 0 aliphatic carbocycles. The Morgan fingerprint density at radius 1 is 1.22 bits per heavy atom. The van der Waals surface area contributed by atoms with E-state index < -0.39 is 19.9 Å². The molecule has 2 unspecified atom stereocenters. The van der Waals surface area contributed by atoms with Crippen LogP contribution in [0.5, 0.6) is 0 Å². The minimum absolute atomic E-state index is 0.270. The summed E-state index contributed by atoms with van der Waals surface area (Å²) in [6.45, 7) is 4.25. The van der Waals surface area contributed by atoms with Crippen LogP contribution >= 0.6 is 0 Å². The van der Waals surface area contributed by atoms with Crippen LogP contribution in [0.2, 0.25) is 0 Å². The first-order chi connectivity index (χ1) is 8.20. The lowest BCUT2D eigenvalue weighted by atomic mass is 9.88. The second-order valence-electron chi connectivity index (χ2n) is 5.03. The van der Waals surface area contributed by atoms with Crippen LogP contribution in [0.25, 0.3) is 0 Å². The van der Waals surface area contributed by atoms with Gasteiger partial charge in [-0.3, -0.25) is 0 Å². The summed E-state index contributed by atoms with van der Waals surface area (Å²) in [7, 11) is -6.74. The van der Waals surface area contributed by atoms with E-state index in [1.165, 1.54) is 0 Å². The van der Waals surface area contributed by atoms with Gasteiger partial charge in [0.1, 0.15) is 9.84 Å². The summed E-state index contributed by atoms with van der Waals surface area (Å²) in [6, 6.07) is 0. The summed E-state index contributed by atoms with van der Waals surface area (Å²) in [5, 5.41) is 3.23. The van der Waals surface area contributed by atoms with Gasteiger partial charge in [-0.25, -0.2) is 21.6 Å². The van der Waals surface area contributed by atoms with Gasteiger partial charge in [0.25, 0.3) is 0 Å². The van der Waals surface area contributed by atoms with Crippen molar-refractivity contribution in [3.63, 3.8) is 0 Å². The van der Waals surface area contributed by atoms with E-state index in [9.17, 15) is 16.8 Å². The van der Waals surface area contributed by atoms with Crippen molar-refractivity contribution in [3.8, 4) is 0 Å². The number of rotatable bonds is 6. The lowest BCUT2D eigenvalue weighted by Crippen LogP contribution is -2.43. The fraction of sp³-hybridized carbons (Fsp3) is 1.00. The predicted octanol–water partition coefficient (Wildman–Crippen LogP) is -0.804. The summed E-state index contributed by atoms with van der Waals surface area (Å²) in [4.78, 5) is 0.